The highest BCUT2D eigenvalue weighted by Gasteiger charge is 2.31. The molecule has 0 spiro atoms. The average molecular weight is 229 g/mol. The number of rotatable bonds is 4. The molecule has 88 valence electrons. The lowest BCUT2D eigenvalue weighted by atomic mass is 9.88. The molecule has 1 aromatic carbocycles. The number of hydrogen-bond donors (Lipinski definition) is 2. The smallest absolute Gasteiger partial charge is 0.305 e. The number of carboxylic acid groups (broad SMARTS) is 1. The summed E-state index contributed by atoms with van der Waals surface area (Å²) in [5.41, 5.74) is -1.12. The maximum absolute atomic E-state index is 13.5. The van der Waals surface area contributed by atoms with Crippen LogP contribution in [0.5, 0.6) is 0 Å². The molecule has 0 saturated carbocycles. The van der Waals surface area contributed by atoms with E-state index < -0.39 is 23.1 Å². The van der Waals surface area contributed by atoms with Gasteiger partial charge in [0.1, 0.15) is 0 Å². The van der Waals surface area contributed by atoms with Crippen LogP contribution in [0.4, 0.5) is 8.78 Å². The van der Waals surface area contributed by atoms with Gasteiger partial charge in [-0.25, -0.2) is 8.78 Å². The van der Waals surface area contributed by atoms with Crippen molar-refractivity contribution in [1.82, 2.24) is 5.32 Å². The Kier molecular flexibility index (Phi) is 3.59. The van der Waals surface area contributed by atoms with Gasteiger partial charge in [-0.05, 0) is 20.0 Å². The Hall–Kier alpha value is -1.49. The number of benzene rings is 1. The fourth-order valence-electron chi connectivity index (χ4n) is 1.55. The van der Waals surface area contributed by atoms with Crippen molar-refractivity contribution in [2.24, 2.45) is 0 Å². The molecule has 0 saturated heterocycles. The molecule has 1 aromatic rings. The summed E-state index contributed by atoms with van der Waals surface area (Å²) in [6.07, 6.45) is -0.329. The van der Waals surface area contributed by atoms with Crippen LogP contribution in [-0.2, 0) is 10.3 Å². The SMILES string of the molecule is CNC(C)(CC(=O)O)c1cccc(F)c1F. The second-order valence-electron chi connectivity index (χ2n) is 3.75. The van der Waals surface area contributed by atoms with Gasteiger partial charge >= 0.3 is 5.97 Å². The number of aliphatic carboxylic acids is 1. The van der Waals surface area contributed by atoms with E-state index in [0.717, 1.165) is 6.07 Å². The summed E-state index contributed by atoms with van der Waals surface area (Å²) in [7, 11) is 1.51. The molecule has 5 heteroatoms. The van der Waals surface area contributed by atoms with Crippen LogP contribution >= 0.6 is 0 Å². The summed E-state index contributed by atoms with van der Waals surface area (Å²) in [5.74, 6) is -3.08. The second-order valence-corrected chi connectivity index (χ2v) is 3.75. The van der Waals surface area contributed by atoms with E-state index in [4.69, 9.17) is 5.11 Å². The highest BCUT2D eigenvalue weighted by molar-refractivity contribution is 5.68. The first-order valence-corrected chi connectivity index (χ1v) is 4.76. The van der Waals surface area contributed by atoms with Gasteiger partial charge in [0.05, 0.1) is 12.0 Å². The first-order valence-electron chi connectivity index (χ1n) is 4.76. The zero-order valence-corrected chi connectivity index (χ0v) is 9.05. The van der Waals surface area contributed by atoms with Crippen molar-refractivity contribution >= 4 is 5.97 Å². The minimum Gasteiger partial charge on any atom is -0.481 e. The highest BCUT2D eigenvalue weighted by atomic mass is 19.2. The predicted octanol–water partition coefficient (Wildman–Crippen LogP) is 1.87. The molecule has 2 N–H and O–H groups in total. The molecular formula is C11H13F2NO2. The van der Waals surface area contributed by atoms with Crippen molar-refractivity contribution in [2.45, 2.75) is 18.9 Å². The van der Waals surface area contributed by atoms with Gasteiger partial charge < -0.3 is 10.4 Å². The van der Waals surface area contributed by atoms with Crippen LogP contribution in [0.15, 0.2) is 18.2 Å². The third kappa shape index (κ3) is 2.36. The maximum atomic E-state index is 13.5. The van der Waals surface area contributed by atoms with Gasteiger partial charge in [0, 0.05) is 5.56 Å². The lowest BCUT2D eigenvalue weighted by Gasteiger charge is -2.28. The standard InChI is InChI=1S/C11H13F2NO2/c1-11(14-2,6-9(15)16)7-4-3-5-8(12)10(7)13/h3-5,14H,6H2,1-2H3,(H,15,16). The summed E-state index contributed by atoms with van der Waals surface area (Å²) in [6, 6.07) is 3.72. The zero-order chi connectivity index (χ0) is 12.3. The van der Waals surface area contributed by atoms with Gasteiger partial charge in [-0.15, -0.1) is 0 Å². The van der Waals surface area contributed by atoms with Gasteiger partial charge in [0.15, 0.2) is 11.6 Å². The largest absolute Gasteiger partial charge is 0.481 e. The number of hydrogen-bond acceptors (Lipinski definition) is 2. The normalized spacial score (nSPS) is 14.5. The highest BCUT2D eigenvalue weighted by Crippen LogP contribution is 2.27. The lowest BCUT2D eigenvalue weighted by Crippen LogP contribution is -2.40. The summed E-state index contributed by atoms with van der Waals surface area (Å²) in [4.78, 5) is 10.7. The van der Waals surface area contributed by atoms with Gasteiger partial charge in [0.25, 0.3) is 0 Å². The van der Waals surface area contributed by atoms with Gasteiger partial charge in [0.2, 0.25) is 0 Å². The molecule has 3 nitrogen and oxygen atoms in total. The summed E-state index contributed by atoms with van der Waals surface area (Å²) in [6.45, 7) is 1.51. The summed E-state index contributed by atoms with van der Waals surface area (Å²) in [5, 5.41) is 11.5. The number of halogens is 2. The Morgan fingerprint density at radius 3 is 2.62 bits per heavy atom. The van der Waals surface area contributed by atoms with E-state index in [2.05, 4.69) is 5.32 Å². The predicted molar refractivity (Wildman–Crippen MR) is 55.0 cm³/mol. The van der Waals surface area contributed by atoms with Crippen LogP contribution in [0.3, 0.4) is 0 Å². The Morgan fingerprint density at radius 2 is 2.12 bits per heavy atom. The molecular weight excluding hydrogens is 216 g/mol. The molecule has 1 atom stereocenters. The molecule has 0 aromatic heterocycles. The third-order valence-electron chi connectivity index (χ3n) is 2.60. The fourth-order valence-corrected chi connectivity index (χ4v) is 1.55. The van der Waals surface area contributed by atoms with Crippen LogP contribution in [0.2, 0.25) is 0 Å². The van der Waals surface area contributed by atoms with Crippen LogP contribution in [0.1, 0.15) is 18.9 Å². The molecule has 0 amide bonds. The van der Waals surface area contributed by atoms with E-state index in [9.17, 15) is 13.6 Å². The molecule has 0 heterocycles. The molecule has 0 aliphatic heterocycles. The lowest BCUT2D eigenvalue weighted by molar-refractivity contribution is -0.138. The van der Waals surface area contributed by atoms with Crippen LogP contribution in [-0.4, -0.2) is 18.1 Å². The van der Waals surface area contributed by atoms with E-state index >= 15 is 0 Å². The van der Waals surface area contributed by atoms with Crippen molar-refractivity contribution in [3.63, 3.8) is 0 Å². The van der Waals surface area contributed by atoms with Crippen LogP contribution in [0, 0.1) is 11.6 Å². The van der Waals surface area contributed by atoms with Crippen molar-refractivity contribution in [2.75, 3.05) is 7.05 Å². The monoisotopic (exact) mass is 229 g/mol. The third-order valence-corrected chi connectivity index (χ3v) is 2.60. The van der Waals surface area contributed by atoms with Crippen molar-refractivity contribution < 1.29 is 18.7 Å². The Morgan fingerprint density at radius 1 is 1.50 bits per heavy atom. The molecule has 0 fully saturated rings. The summed E-state index contributed by atoms with van der Waals surface area (Å²) < 4.78 is 26.6. The Balaban J connectivity index is 3.22. The van der Waals surface area contributed by atoms with Gasteiger partial charge in [-0.1, -0.05) is 12.1 Å². The quantitative estimate of drug-likeness (QED) is 0.828. The van der Waals surface area contributed by atoms with Crippen molar-refractivity contribution in [3.05, 3.63) is 35.4 Å². The Bertz CT molecular complexity index is 409. The van der Waals surface area contributed by atoms with Crippen LogP contribution < -0.4 is 5.32 Å². The molecule has 0 radical (unpaired) electrons. The van der Waals surface area contributed by atoms with E-state index in [1.54, 1.807) is 0 Å². The van der Waals surface area contributed by atoms with Crippen LogP contribution in [0.25, 0.3) is 0 Å². The number of carbonyl (C=O) groups is 1. The molecule has 16 heavy (non-hydrogen) atoms. The van der Waals surface area contributed by atoms with Gasteiger partial charge in [-0.2, -0.15) is 0 Å². The van der Waals surface area contributed by atoms with E-state index in [1.165, 1.54) is 26.1 Å². The minimum absolute atomic E-state index is 0.0115. The van der Waals surface area contributed by atoms with Crippen molar-refractivity contribution in [3.8, 4) is 0 Å². The topological polar surface area (TPSA) is 49.3 Å². The average Bonchev–Trinajstić information content (AvgIpc) is 2.21. The first-order chi connectivity index (χ1) is 7.40. The number of nitrogens with one attached hydrogen (secondary N) is 1. The maximum Gasteiger partial charge on any atom is 0.305 e. The molecule has 0 aliphatic carbocycles. The summed E-state index contributed by atoms with van der Waals surface area (Å²) >= 11 is 0. The first kappa shape index (κ1) is 12.6. The minimum atomic E-state index is -1.13. The number of carboxylic acids is 1. The molecule has 1 rings (SSSR count). The Labute approximate surface area is 92.1 Å². The second kappa shape index (κ2) is 4.57. The van der Waals surface area contributed by atoms with E-state index in [-0.39, 0.29) is 12.0 Å². The molecule has 0 bridgehead atoms. The van der Waals surface area contributed by atoms with Gasteiger partial charge in [-0.3, -0.25) is 4.79 Å². The van der Waals surface area contributed by atoms with Crippen molar-refractivity contribution in [1.29, 1.82) is 0 Å². The molecule has 0 aliphatic rings. The van der Waals surface area contributed by atoms with E-state index in [0.29, 0.717) is 0 Å². The fraction of sp³-hybridized carbons (Fsp3) is 0.364. The molecule has 1 unspecified atom stereocenters. The zero-order valence-electron chi connectivity index (χ0n) is 9.05. The van der Waals surface area contributed by atoms with E-state index in [1.807, 2.05) is 0 Å².